The van der Waals surface area contributed by atoms with Crippen molar-refractivity contribution in [3.8, 4) is 0 Å². The maximum atomic E-state index is 13.1. The van der Waals surface area contributed by atoms with Crippen LogP contribution in [0.4, 0.5) is 0 Å². The maximum Gasteiger partial charge on any atom is 0.472 e. The predicted octanol–water partition coefficient (Wildman–Crippen LogP) is 21.8. The third-order valence-corrected chi connectivity index (χ3v) is 19.3. The summed E-state index contributed by atoms with van der Waals surface area (Å²) in [6.07, 6.45) is 61.1. The Morgan fingerprint density at radius 1 is 0.333 bits per heavy atom. The van der Waals surface area contributed by atoms with E-state index in [2.05, 4.69) is 90.2 Å². The molecule has 0 aliphatic rings. The number of allylic oxidation sites excluding steroid dienone is 8. The molecule has 96 heavy (non-hydrogen) atoms. The SMILES string of the molecule is CCCCCC/C=C\C=C/CCCCCCCC(=O)OC[C@H](COP(=O)(O)OC[C@@H](O)COP(=O)(O)OC[C@@H](COC(=O)CCCCCCCCCCC(C)CC)OC(=O)CCCCCCCCCCCCC(C)CC)OC(=O)CCCCCCC/C=C\C=C/CCCCCC. The van der Waals surface area contributed by atoms with Gasteiger partial charge in [-0.15, -0.1) is 0 Å². The van der Waals surface area contributed by atoms with Gasteiger partial charge in [0.25, 0.3) is 0 Å². The molecule has 7 atom stereocenters. The van der Waals surface area contributed by atoms with Crippen LogP contribution >= 0.6 is 15.6 Å². The first kappa shape index (κ1) is 93.0. The van der Waals surface area contributed by atoms with E-state index in [1.165, 1.54) is 135 Å². The van der Waals surface area contributed by atoms with Crippen LogP contribution in [-0.4, -0.2) is 96.7 Å². The van der Waals surface area contributed by atoms with Crippen molar-refractivity contribution in [1.29, 1.82) is 0 Å². The standard InChI is InChI=1S/C77H142O17P2/c1-7-11-13-15-17-19-21-23-25-27-29-34-41-47-53-59-74(79)87-65-72(93-76(81)61-55-49-43-35-30-28-26-24-22-20-18-16-14-12-8-2)67-91-95(83,84)89-63-71(78)64-90-96(85,86)92-68-73(66-88-75(80)60-54-48-42-38-37-40-46-52-58-70(6)10-4)94-77(82)62-56-50-44-36-32-31-33-39-45-51-57-69(5)9-3/h19-26,69-73,78H,7-18,27-68H2,1-6H3,(H,83,84)(H,85,86)/b21-19-,22-20-,25-23-,26-24-/t69?,70?,71-,72-,73-/m1/s1. The molecular formula is C77H142O17P2. The van der Waals surface area contributed by atoms with Crippen molar-refractivity contribution in [3.05, 3.63) is 48.6 Å². The molecule has 0 aromatic carbocycles. The number of ether oxygens (including phenoxy) is 4. The minimum atomic E-state index is -4.97. The first-order chi connectivity index (χ1) is 46.4. The van der Waals surface area contributed by atoms with Crippen molar-refractivity contribution in [1.82, 2.24) is 0 Å². The highest BCUT2D eigenvalue weighted by Gasteiger charge is 2.30. The zero-order valence-corrected chi connectivity index (χ0v) is 63.4. The van der Waals surface area contributed by atoms with Crippen LogP contribution in [0.5, 0.6) is 0 Å². The van der Waals surface area contributed by atoms with Gasteiger partial charge < -0.3 is 33.8 Å². The summed E-state index contributed by atoms with van der Waals surface area (Å²) in [5, 5.41) is 10.6. The van der Waals surface area contributed by atoms with E-state index in [-0.39, 0.29) is 25.7 Å². The van der Waals surface area contributed by atoms with E-state index in [4.69, 9.17) is 37.0 Å². The van der Waals surface area contributed by atoms with Crippen LogP contribution in [0.25, 0.3) is 0 Å². The molecule has 0 saturated heterocycles. The summed E-state index contributed by atoms with van der Waals surface area (Å²) < 4.78 is 68.5. The van der Waals surface area contributed by atoms with Crippen molar-refractivity contribution >= 4 is 39.5 Å². The third kappa shape index (κ3) is 66.9. The fourth-order valence-corrected chi connectivity index (χ4v) is 12.3. The predicted molar refractivity (Wildman–Crippen MR) is 390 cm³/mol. The molecule has 0 amide bonds. The van der Waals surface area contributed by atoms with E-state index in [0.29, 0.717) is 25.7 Å². The Balaban J connectivity index is 5.35. The van der Waals surface area contributed by atoms with Crippen LogP contribution in [-0.2, 0) is 65.4 Å². The van der Waals surface area contributed by atoms with Gasteiger partial charge >= 0.3 is 39.5 Å². The van der Waals surface area contributed by atoms with Gasteiger partial charge in [-0.1, -0.05) is 296 Å². The summed E-state index contributed by atoms with van der Waals surface area (Å²) in [6, 6.07) is 0. The summed E-state index contributed by atoms with van der Waals surface area (Å²) >= 11 is 0. The summed E-state index contributed by atoms with van der Waals surface area (Å²) in [4.78, 5) is 72.8. The summed E-state index contributed by atoms with van der Waals surface area (Å²) in [5.74, 6) is -0.602. The Kier molecular flexibility index (Phi) is 65.7. The number of aliphatic hydroxyl groups is 1. The second-order valence-electron chi connectivity index (χ2n) is 26.9. The third-order valence-electron chi connectivity index (χ3n) is 17.4. The van der Waals surface area contributed by atoms with Crippen molar-refractivity contribution in [2.45, 2.75) is 368 Å². The van der Waals surface area contributed by atoms with Gasteiger partial charge in [0.2, 0.25) is 0 Å². The van der Waals surface area contributed by atoms with E-state index < -0.39 is 97.5 Å². The lowest BCUT2D eigenvalue weighted by Crippen LogP contribution is -2.30. The summed E-state index contributed by atoms with van der Waals surface area (Å²) in [5.41, 5.74) is 0. The van der Waals surface area contributed by atoms with Crippen LogP contribution in [0.15, 0.2) is 48.6 Å². The molecule has 0 radical (unpaired) electrons. The van der Waals surface area contributed by atoms with E-state index in [1.807, 2.05) is 0 Å². The number of aliphatic hydroxyl groups excluding tert-OH is 1. The normalized spacial score (nSPS) is 14.9. The number of carbonyl (C=O) groups excluding carboxylic acids is 4. The Morgan fingerprint density at radius 2 is 0.583 bits per heavy atom. The van der Waals surface area contributed by atoms with Crippen molar-refractivity contribution < 1.29 is 80.2 Å². The average Bonchev–Trinajstić information content (AvgIpc) is 1.15. The summed E-state index contributed by atoms with van der Waals surface area (Å²) in [7, 11) is -9.94. The zero-order valence-electron chi connectivity index (χ0n) is 61.6. The zero-order chi connectivity index (χ0) is 70.7. The van der Waals surface area contributed by atoms with Gasteiger partial charge in [-0.3, -0.25) is 37.3 Å². The molecule has 19 heteroatoms. The average molecular weight is 1400 g/mol. The van der Waals surface area contributed by atoms with E-state index >= 15 is 0 Å². The monoisotopic (exact) mass is 1400 g/mol. The fourth-order valence-electron chi connectivity index (χ4n) is 10.7. The smallest absolute Gasteiger partial charge is 0.462 e. The molecule has 0 aliphatic carbocycles. The highest BCUT2D eigenvalue weighted by molar-refractivity contribution is 7.47. The number of phosphoric acid groups is 2. The molecule has 562 valence electrons. The Hall–Kier alpha value is -2.98. The Labute approximate surface area is 585 Å². The van der Waals surface area contributed by atoms with Crippen LogP contribution in [0.1, 0.15) is 350 Å². The topological polar surface area (TPSA) is 237 Å². The molecule has 0 rings (SSSR count). The second-order valence-corrected chi connectivity index (χ2v) is 29.8. The molecule has 0 aromatic heterocycles. The van der Waals surface area contributed by atoms with Gasteiger partial charge in [-0.25, -0.2) is 9.13 Å². The van der Waals surface area contributed by atoms with Crippen LogP contribution in [0.2, 0.25) is 0 Å². The van der Waals surface area contributed by atoms with Gasteiger partial charge in [0.05, 0.1) is 26.4 Å². The molecule has 0 bridgehead atoms. The molecule has 0 aromatic rings. The highest BCUT2D eigenvalue weighted by Crippen LogP contribution is 2.45. The first-order valence-electron chi connectivity index (χ1n) is 38.7. The van der Waals surface area contributed by atoms with Crippen molar-refractivity contribution in [2.75, 3.05) is 39.6 Å². The molecule has 0 aliphatic heterocycles. The largest absolute Gasteiger partial charge is 0.472 e. The molecule has 3 N–H and O–H groups in total. The lowest BCUT2D eigenvalue weighted by Gasteiger charge is -2.21. The number of hydrogen-bond acceptors (Lipinski definition) is 15. The molecule has 0 heterocycles. The number of unbranched alkanes of at least 4 members (excludes halogenated alkanes) is 34. The number of rotatable bonds is 72. The van der Waals surface area contributed by atoms with E-state index in [0.717, 1.165) is 134 Å². The molecule has 4 unspecified atom stereocenters. The van der Waals surface area contributed by atoms with Gasteiger partial charge in [0.15, 0.2) is 12.2 Å². The highest BCUT2D eigenvalue weighted by atomic mass is 31.2. The molecule has 0 spiro atoms. The van der Waals surface area contributed by atoms with Gasteiger partial charge in [-0.2, -0.15) is 0 Å². The molecule has 0 fully saturated rings. The van der Waals surface area contributed by atoms with Crippen LogP contribution in [0, 0.1) is 11.8 Å². The molecular weight excluding hydrogens is 1260 g/mol. The molecule has 17 nitrogen and oxygen atoms in total. The first-order valence-corrected chi connectivity index (χ1v) is 41.7. The maximum absolute atomic E-state index is 13.1. The van der Waals surface area contributed by atoms with Gasteiger partial charge in [0, 0.05) is 25.7 Å². The lowest BCUT2D eigenvalue weighted by molar-refractivity contribution is -0.161. The quantitative estimate of drug-likeness (QED) is 0.0169. The van der Waals surface area contributed by atoms with Crippen molar-refractivity contribution in [3.63, 3.8) is 0 Å². The van der Waals surface area contributed by atoms with E-state index in [1.54, 1.807) is 0 Å². The van der Waals surface area contributed by atoms with E-state index in [9.17, 15) is 43.2 Å². The lowest BCUT2D eigenvalue weighted by atomic mass is 9.99. The Morgan fingerprint density at radius 3 is 0.875 bits per heavy atom. The number of hydrogen-bond donors (Lipinski definition) is 3. The van der Waals surface area contributed by atoms with Gasteiger partial charge in [0.1, 0.15) is 19.3 Å². The minimum Gasteiger partial charge on any atom is -0.462 e. The molecule has 0 saturated carbocycles. The minimum absolute atomic E-state index is 0.0779. The van der Waals surface area contributed by atoms with Crippen LogP contribution < -0.4 is 0 Å². The van der Waals surface area contributed by atoms with Crippen LogP contribution in [0.3, 0.4) is 0 Å². The number of esters is 4. The number of phosphoric ester groups is 2. The Bertz CT molecular complexity index is 2050. The summed E-state index contributed by atoms with van der Waals surface area (Å²) in [6.45, 7) is 9.49. The fraction of sp³-hybridized carbons (Fsp3) is 0.844. The second kappa shape index (κ2) is 67.8. The van der Waals surface area contributed by atoms with Crippen molar-refractivity contribution in [2.24, 2.45) is 11.8 Å². The van der Waals surface area contributed by atoms with Gasteiger partial charge in [-0.05, 0) is 88.9 Å². The number of carbonyl (C=O) groups is 4.